The largest absolute Gasteiger partial charge is 0.444 e. The first-order chi connectivity index (χ1) is 10.9. The van der Waals surface area contributed by atoms with Crippen LogP contribution in [0.15, 0.2) is 11.6 Å². The summed E-state index contributed by atoms with van der Waals surface area (Å²) in [6.07, 6.45) is 0.375. The number of nitrogens with one attached hydrogen (secondary N) is 1. The van der Waals surface area contributed by atoms with Gasteiger partial charge in [-0.2, -0.15) is 0 Å². The van der Waals surface area contributed by atoms with E-state index in [4.69, 9.17) is 14.2 Å². The van der Waals surface area contributed by atoms with Crippen LogP contribution >= 0.6 is 0 Å². The van der Waals surface area contributed by atoms with Crippen LogP contribution in [0.5, 0.6) is 0 Å². The number of aliphatic hydroxyl groups excluding tert-OH is 1. The van der Waals surface area contributed by atoms with Crippen molar-refractivity contribution in [1.29, 1.82) is 0 Å². The highest BCUT2D eigenvalue weighted by atomic mass is 16.7. The van der Waals surface area contributed by atoms with Gasteiger partial charge in [-0.3, -0.25) is 0 Å². The van der Waals surface area contributed by atoms with Crippen LogP contribution in [0.4, 0.5) is 4.79 Å². The highest BCUT2D eigenvalue weighted by Crippen LogP contribution is 2.47. The van der Waals surface area contributed by atoms with E-state index < -0.39 is 29.6 Å². The van der Waals surface area contributed by atoms with Gasteiger partial charge in [-0.15, -0.1) is 0 Å². The minimum Gasteiger partial charge on any atom is -0.444 e. The van der Waals surface area contributed by atoms with E-state index >= 15 is 0 Å². The molecule has 2 rings (SSSR count). The molecule has 24 heavy (non-hydrogen) atoms. The van der Waals surface area contributed by atoms with E-state index in [1.165, 1.54) is 0 Å². The lowest BCUT2D eigenvalue weighted by Crippen LogP contribution is -2.50. The van der Waals surface area contributed by atoms with Gasteiger partial charge in [0.2, 0.25) is 5.79 Å². The van der Waals surface area contributed by atoms with E-state index in [2.05, 4.69) is 19.2 Å². The van der Waals surface area contributed by atoms with Crippen molar-refractivity contribution >= 4 is 6.09 Å². The Morgan fingerprint density at radius 1 is 1.29 bits per heavy atom. The molecule has 6 nitrogen and oxygen atoms in total. The Hall–Kier alpha value is -1.11. The number of carbonyl (C=O) groups is 1. The smallest absolute Gasteiger partial charge is 0.407 e. The standard InChI is InChI=1S/C18H31NO5/c1-11(2)13(19-15(21)24-16(3,4)5)14(20)12-8-18(12)22-9-17(6,7)10-23-18/h8,11,13-14,20H,9-10H2,1-7H3,(H,19,21)/t13-,14?/m0/s1. The molecule has 1 spiro atoms. The van der Waals surface area contributed by atoms with Crippen molar-refractivity contribution in [2.24, 2.45) is 11.3 Å². The molecule has 0 radical (unpaired) electrons. The fourth-order valence-electron chi connectivity index (χ4n) is 2.65. The predicted octanol–water partition coefficient (Wildman–Crippen LogP) is 2.61. The van der Waals surface area contributed by atoms with E-state index in [0.29, 0.717) is 18.8 Å². The summed E-state index contributed by atoms with van der Waals surface area (Å²) in [7, 11) is 0. The van der Waals surface area contributed by atoms with Crippen LogP contribution in [0.1, 0.15) is 48.5 Å². The molecule has 0 bridgehead atoms. The van der Waals surface area contributed by atoms with Crippen LogP contribution in [0.25, 0.3) is 0 Å². The zero-order chi connectivity index (χ0) is 18.3. The van der Waals surface area contributed by atoms with Crippen molar-refractivity contribution in [1.82, 2.24) is 5.32 Å². The molecule has 2 atom stereocenters. The number of hydrogen-bond donors (Lipinski definition) is 2. The average Bonchev–Trinajstić information content (AvgIpc) is 3.12. The fraction of sp³-hybridized carbons (Fsp3) is 0.833. The van der Waals surface area contributed by atoms with Gasteiger partial charge in [-0.05, 0) is 32.8 Å². The summed E-state index contributed by atoms with van der Waals surface area (Å²) in [4.78, 5) is 12.0. The molecule has 138 valence electrons. The summed E-state index contributed by atoms with van der Waals surface area (Å²) in [6, 6.07) is -0.479. The second-order valence-electron chi connectivity index (χ2n) is 8.87. The molecule has 6 heteroatoms. The molecule has 1 unspecified atom stereocenters. The summed E-state index contributed by atoms with van der Waals surface area (Å²) in [5, 5.41) is 13.5. The van der Waals surface area contributed by atoms with Crippen LogP contribution < -0.4 is 5.32 Å². The monoisotopic (exact) mass is 341 g/mol. The number of carbonyl (C=O) groups excluding carboxylic acids is 1. The molecular formula is C18H31NO5. The first-order valence-electron chi connectivity index (χ1n) is 8.54. The van der Waals surface area contributed by atoms with E-state index in [1.54, 1.807) is 26.8 Å². The molecule has 1 aliphatic heterocycles. The molecule has 0 aromatic rings. The maximum atomic E-state index is 12.0. The third-order valence-electron chi connectivity index (χ3n) is 4.08. The van der Waals surface area contributed by atoms with E-state index in [0.717, 1.165) is 0 Å². The van der Waals surface area contributed by atoms with Gasteiger partial charge >= 0.3 is 6.09 Å². The van der Waals surface area contributed by atoms with Crippen LogP contribution in [-0.2, 0) is 14.2 Å². The van der Waals surface area contributed by atoms with Crippen molar-refractivity contribution in [2.45, 2.75) is 72.0 Å². The molecule has 1 fully saturated rings. The van der Waals surface area contributed by atoms with Gasteiger partial charge in [0.1, 0.15) is 11.7 Å². The summed E-state index contributed by atoms with van der Waals surface area (Å²) in [6.45, 7) is 14.5. The quantitative estimate of drug-likeness (QED) is 0.769. The SMILES string of the molecule is CC(C)[C@H](NC(=O)OC(C)(C)C)C(O)C1=CC12OCC(C)(C)CO2. The number of hydrogen-bond acceptors (Lipinski definition) is 5. The lowest BCUT2D eigenvalue weighted by Gasteiger charge is -2.37. The topological polar surface area (TPSA) is 77.0 Å². The summed E-state index contributed by atoms with van der Waals surface area (Å²) >= 11 is 0. The van der Waals surface area contributed by atoms with Crippen LogP contribution in [0.2, 0.25) is 0 Å². The Morgan fingerprint density at radius 2 is 1.83 bits per heavy atom. The lowest BCUT2D eigenvalue weighted by atomic mass is 9.94. The minimum absolute atomic E-state index is 0.0195. The maximum Gasteiger partial charge on any atom is 0.407 e. The number of alkyl carbamates (subject to hydrolysis) is 1. The molecule has 1 aliphatic carbocycles. The molecule has 0 aromatic heterocycles. The Labute approximate surface area is 144 Å². The average molecular weight is 341 g/mol. The van der Waals surface area contributed by atoms with Gasteiger partial charge in [0.05, 0.1) is 19.3 Å². The molecule has 2 N–H and O–H groups in total. The van der Waals surface area contributed by atoms with Gasteiger partial charge < -0.3 is 24.6 Å². The predicted molar refractivity (Wildman–Crippen MR) is 90.5 cm³/mol. The van der Waals surface area contributed by atoms with Gasteiger partial charge in [0, 0.05) is 11.0 Å². The van der Waals surface area contributed by atoms with Crippen LogP contribution in [0.3, 0.4) is 0 Å². The van der Waals surface area contributed by atoms with Gasteiger partial charge in [-0.1, -0.05) is 27.7 Å². The minimum atomic E-state index is -0.891. The van der Waals surface area contributed by atoms with Crippen LogP contribution in [-0.4, -0.2) is 47.9 Å². The van der Waals surface area contributed by atoms with Crippen molar-refractivity contribution in [3.63, 3.8) is 0 Å². The van der Waals surface area contributed by atoms with Gasteiger partial charge in [-0.25, -0.2) is 4.79 Å². The molecule has 1 heterocycles. The third kappa shape index (κ3) is 4.49. The van der Waals surface area contributed by atoms with Crippen molar-refractivity contribution < 1.29 is 24.1 Å². The van der Waals surface area contributed by atoms with Crippen molar-refractivity contribution in [2.75, 3.05) is 13.2 Å². The van der Waals surface area contributed by atoms with Gasteiger partial charge in [0.25, 0.3) is 0 Å². The van der Waals surface area contributed by atoms with Crippen LogP contribution in [0, 0.1) is 11.3 Å². The molecule has 1 amide bonds. The normalized spacial score (nSPS) is 24.3. The van der Waals surface area contributed by atoms with E-state index in [1.807, 2.05) is 13.8 Å². The molecule has 2 aliphatic rings. The zero-order valence-electron chi connectivity index (χ0n) is 15.8. The Kier molecular flexibility index (Phi) is 5.06. The second kappa shape index (κ2) is 6.32. The van der Waals surface area contributed by atoms with E-state index in [9.17, 15) is 9.90 Å². The Balaban J connectivity index is 1.97. The number of aliphatic hydroxyl groups is 1. The fourth-order valence-corrected chi connectivity index (χ4v) is 2.65. The van der Waals surface area contributed by atoms with Gasteiger partial charge in [0.15, 0.2) is 0 Å². The first kappa shape index (κ1) is 19.2. The zero-order valence-corrected chi connectivity index (χ0v) is 15.8. The second-order valence-corrected chi connectivity index (χ2v) is 8.87. The third-order valence-corrected chi connectivity index (χ3v) is 4.08. The lowest BCUT2D eigenvalue weighted by molar-refractivity contribution is -0.233. The van der Waals surface area contributed by atoms with Crippen molar-refractivity contribution in [3.8, 4) is 0 Å². The number of amides is 1. The first-order valence-corrected chi connectivity index (χ1v) is 8.54. The Morgan fingerprint density at radius 3 is 2.29 bits per heavy atom. The molecular weight excluding hydrogens is 310 g/mol. The number of ether oxygens (including phenoxy) is 3. The highest BCUT2D eigenvalue weighted by Gasteiger charge is 2.55. The highest BCUT2D eigenvalue weighted by molar-refractivity contribution is 5.68. The maximum absolute atomic E-state index is 12.0. The van der Waals surface area contributed by atoms with E-state index in [-0.39, 0.29) is 11.3 Å². The Bertz CT molecular complexity index is 508. The molecule has 0 aromatic carbocycles. The number of rotatable bonds is 4. The molecule has 1 saturated heterocycles. The summed E-state index contributed by atoms with van der Waals surface area (Å²) < 4.78 is 16.9. The summed E-state index contributed by atoms with van der Waals surface area (Å²) in [5.41, 5.74) is 0.0506. The van der Waals surface area contributed by atoms with Crippen molar-refractivity contribution in [3.05, 3.63) is 11.6 Å². The molecule has 0 saturated carbocycles. The summed E-state index contributed by atoms with van der Waals surface area (Å²) in [5.74, 6) is -0.872.